The summed E-state index contributed by atoms with van der Waals surface area (Å²) < 4.78 is 5.65. The maximum atomic E-state index is 12.1. The van der Waals surface area contributed by atoms with Crippen molar-refractivity contribution in [3.05, 3.63) is 54.2 Å². The SMILES string of the molecule is Cl.O=C(NCc1ccc(Oc2ccccc2)nc1)C1CCNCC1. The van der Waals surface area contributed by atoms with Crippen molar-refractivity contribution in [3.63, 3.8) is 0 Å². The predicted molar refractivity (Wildman–Crippen MR) is 95.4 cm³/mol. The van der Waals surface area contributed by atoms with Crippen LogP contribution < -0.4 is 15.4 Å². The quantitative estimate of drug-likeness (QED) is 0.873. The molecule has 1 saturated heterocycles. The molecule has 2 aromatic rings. The molecule has 2 N–H and O–H groups in total. The molecule has 1 aromatic carbocycles. The van der Waals surface area contributed by atoms with Crippen molar-refractivity contribution in [2.75, 3.05) is 13.1 Å². The van der Waals surface area contributed by atoms with E-state index in [1.165, 1.54) is 0 Å². The summed E-state index contributed by atoms with van der Waals surface area (Å²) in [5, 5.41) is 6.26. The van der Waals surface area contributed by atoms with Crippen LogP contribution in [0.3, 0.4) is 0 Å². The molecule has 1 amide bonds. The number of hydrogen-bond donors (Lipinski definition) is 2. The molecule has 128 valence electrons. The van der Waals surface area contributed by atoms with Crippen LogP contribution in [0.25, 0.3) is 0 Å². The Balaban J connectivity index is 0.00000208. The lowest BCUT2D eigenvalue weighted by atomic mass is 9.97. The van der Waals surface area contributed by atoms with Crippen molar-refractivity contribution in [3.8, 4) is 11.6 Å². The number of carbonyl (C=O) groups excluding carboxylic acids is 1. The summed E-state index contributed by atoms with van der Waals surface area (Å²) in [5.74, 6) is 1.57. The number of rotatable bonds is 5. The zero-order valence-corrected chi connectivity index (χ0v) is 14.2. The fourth-order valence-corrected chi connectivity index (χ4v) is 2.60. The lowest BCUT2D eigenvalue weighted by Crippen LogP contribution is -2.37. The second kappa shape index (κ2) is 9.25. The Bertz CT molecular complexity index is 628. The molecule has 1 aromatic heterocycles. The highest BCUT2D eigenvalue weighted by atomic mass is 35.5. The van der Waals surface area contributed by atoms with Crippen molar-refractivity contribution in [1.82, 2.24) is 15.6 Å². The Morgan fingerprint density at radius 1 is 1.17 bits per heavy atom. The average Bonchev–Trinajstić information content (AvgIpc) is 2.62. The third-order valence-corrected chi connectivity index (χ3v) is 3.94. The molecular formula is C18H22ClN3O2. The van der Waals surface area contributed by atoms with Crippen LogP contribution in [0.1, 0.15) is 18.4 Å². The van der Waals surface area contributed by atoms with Crippen molar-refractivity contribution in [1.29, 1.82) is 0 Å². The molecule has 5 nitrogen and oxygen atoms in total. The van der Waals surface area contributed by atoms with E-state index in [-0.39, 0.29) is 24.2 Å². The lowest BCUT2D eigenvalue weighted by Gasteiger charge is -2.21. The Morgan fingerprint density at radius 2 is 1.92 bits per heavy atom. The first-order valence-electron chi connectivity index (χ1n) is 7.97. The first-order chi connectivity index (χ1) is 11.3. The van der Waals surface area contributed by atoms with Gasteiger partial charge in [0.15, 0.2) is 0 Å². The van der Waals surface area contributed by atoms with Gasteiger partial charge in [-0.15, -0.1) is 12.4 Å². The van der Waals surface area contributed by atoms with Gasteiger partial charge in [0, 0.05) is 24.7 Å². The van der Waals surface area contributed by atoms with Crippen LogP contribution in [0.2, 0.25) is 0 Å². The molecule has 0 unspecified atom stereocenters. The molecule has 0 radical (unpaired) electrons. The van der Waals surface area contributed by atoms with Crippen LogP contribution in [0, 0.1) is 5.92 Å². The van der Waals surface area contributed by atoms with E-state index in [1.54, 1.807) is 6.20 Å². The monoisotopic (exact) mass is 347 g/mol. The summed E-state index contributed by atoms with van der Waals surface area (Å²) in [6, 6.07) is 13.3. The summed E-state index contributed by atoms with van der Waals surface area (Å²) in [7, 11) is 0. The van der Waals surface area contributed by atoms with Crippen LogP contribution in [0.15, 0.2) is 48.7 Å². The Morgan fingerprint density at radius 3 is 2.58 bits per heavy atom. The second-order valence-electron chi connectivity index (χ2n) is 5.66. The van der Waals surface area contributed by atoms with Crippen molar-refractivity contribution >= 4 is 18.3 Å². The van der Waals surface area contributed by atoms with Gasteiger partial charge in [0.1, 0.15) is 5.75 Å². The fraction of sp³-hybridized carbons (Fsp3) is 0.333. The van der Waals surface area contributed by atoms with E-state index in [0.29, 0.717) is 12.4 Å². The number of piperidine rings is 1. The molecular weight excluding hydrogens is 326 g/mol. The highest BCUT2D eigenvalue weighted by molar-refractivity contribution is 5.85. The minimum Gasteiger partial charge on any atom is -0.439 e. The number of nitrogens with zero attached hydrogens (tertiary/aromatic N) is 1. The van der Waals surface area contributed by atoms with Crippen molar-refractivity contribution in [2.24, 2.45) is 5.92 Å². The zero-order valence-electron chi connectivity index (χ0n) is 13.4. The van der Waals surface area contributed by atoms with E-state index in [2.05, 4.69) is 15.6 Å². The highest BCUT2D eigenvalue weighted by Crippen LogP contribution is 2.18. The summed E-state index contributed by atoms with van der Waals surface area (Å²) in [5.41, 5.74) is 0.965. The van der Waals surface area contributed by atoms with Gasteiger partial charge in [-0.1, -0.05) is 24.3 Å². The average molecular weight is 348 g/mol. The van der Waals surface area contributed by atoms with Gasteiger partial charge in [0.25, 0.3) is 0 Å². The highest BCUT2D eigenvalue weighted by Gasteiger charge is 2.20. The largest absolute Gasteiger partial charge is 0.439 e. The fourth-order valence-electron chi connectivity index (χ4n) is 2.60. The molecule has 1 fully saturated rings. The number of nitrogens with one attached hydrogen (secondary N) is 2. The summed E-state index contributed by atoms with van der Waals surface area (Å²) in [6.45, 7) is 2.34. The minimum absolute atomic E-state index is 0. The first kappa shape index (κ1) is 18.2. The lowest BCUT2D eigenvalue weighted by molar-refractivity contribution is -0.125. The maximum absolute atomic E-state index is 12.1. The summed E-state index contributed by atoms with van der Waals surface area (Å²) >= 11 is 0. The second-order valence-corrected chi connectivity index (χ2v) is 5.66. The maximum Gasteiger partial charge on any atom is 0.223 e. The number of aromatic nitrogens is 1. The van der Waals surface area contributed by atoms with Crippen molar-refractivity contribution in [2.45, 2.75) is 19.4 Å². The molecule has 2 heterocycles. The van der Waals surface area contributed by atoms with Crippen LogP contribution in [0.5, 0.6) is 11.6 Å². The zero-order chi connectivity index (χ0) is 15.9. The first-order valence-corrected chi connectivity index (χ1v) is 7.97. The number of pyridine rings is 1. The topological polar surface area (TPSA) is 63.2 Å². The molecule has 24 heavy (non-hydrogen) atoms. The standard InChI is InChI=1S/C18H21N3O2.ClH/c22-18(15-8-10-19-11-9-15)21-13-14-6-7-17(20-12-14)23-16-4-2-1-3-5-16;/h1-7,12,15,19H,8-11,13H2,(H,21,22);1H. The molecule has 3 rings (SSSR count). The summed E-state index contributed by atoms with van der Waals surface area (Å²) in [4.78, 5) is 16.4. The molecule has 0 bridgehead atoms. The smallest absolute Gasteiger partial charge is 0.223 e. The van der Waals surface area contributed by atoms with Gasteiger partial charge >= 0.3 is 0 Å². The van der Waals surface area contributed by atoms with E-state index >= 15 is 0 Å². The van der Waals surface area contributed by atoms with Gasteiger partial charge in [0.05, 0.1) is 0 Å². The number of para-hydroxylation sites is 1. The number of carbonyl (C=O) groups is 1. The normalized spacial score (nSPS) is 14.5. The van der Waals surface area contributed by atoms with E-state index < -0.39 is 0 Å². The van der Waals surface area contributed by atoms with Gasteiger partial charge in [-0.05, 0) is 43.6 Å². The van der Waals surface area contributed by atoms with Crippen LogP contribution >= 0.6 is 12.4 Å². The van der Waals surface area contributed by atoms with E-state index in [0.717, 1.165) is 37.2 Å². The van der Waals surface area contributed by atoms with Gasteiger partial charge < -0.3 is 15.4 Å². The molecule has 0 atom stereocenters. The Hall–Kier alpha value is -2.11. The number of amides is 1. The summed E-state index contributed by atoms with van der Waals surface area (Å²) in [6.07, 6.45) is 3.56. The van der Waals surface area contributed by atoms with Gasteiger partial charge in [-0.2, -0.15) is 0 Å². The van der Waals surface area contributed by atoms with E-state index in [1.807, 2.05) is 42.5 Å². The molecule has 6 heteroatoms. The van der Waals surface area contributed by atoms with Gasteiger partial charge in [-0.3, -0.25) is 4.79 Å². The number of hydrogen-bond acceptors (Lipinski definition) is 4. The molecule has 0 aliphatic carbocycles. The van der Waals surface area contributed by atoms with Crippen LogP contribution in [-0.2, 0) is 11.3 Å². The van der Waals surface area contributed by atoms with Crippen LogP contribution in [0.4, 0.5) is 0 Å². The molecule has 0 saturated carbocycles. The van der Waals surface area contributed by atoms with E-state index in [4.69, 9.17) is 4.74 Å². The molecule has 1 aliphatic rings. The van der Waals surface area contributed by atoms with Gasteiger partial charge in [-0.25, -0.2) is 4.98 Å². The Labute approximate surface area is 148 Å². The molecule has 0 spiro atoms. The number of benzene rings is 1. The number of ether oxygens (including phenoxy) is 1. The van der Waals surface area contributed by atoms with E-state index in [9.17, 15) is 4.79 Å². The van der Waals surface area contributed by atoms with Crippen molar-refractivity contribution < 1.29 is 9.53 Å². The third-order valence-electron chi connectivity index (χ3n) is 3.94. The predicted octanol–water partition coefficient (Wildman–Crippen LogP) is 2.91. The third kappa shape index (κ3) is 5.22. The van der Waals surface area contributed by atoms with Gasteiger partial charge in [0.2, 0.25) is 11.8 Å². The number of halogens is 1. The Kier molecular flexibility index (Phi) is 7.03. The molecule has 1 aliphatic heterocycles. The van der Waals surface area contributed by atoms with Crippen LogP contribution in [-0.4, -0.2) is 24.0 Å². The minimum atomic E-state index is 0.